The maximum Gasteiger partial charge on any atom is 0.255 e. The lowest BCUT2D eigenvalue weighted by Crippen LogP contribution is -2.24. The quantitative estimate of drug-likeness (QED) is 0.421. The van der Waals surface area contributed by atoms with E-state index in [2.05, 4.69) is 25.5 Å². The first-order valence-electron chi connectivity index (χ1n) is 10.5. The van der Waals surface area contributed by atoms with Crippen LogP contribution in [-0.4, -0.2) is 35.4 Å². The first-order chi connectivity index (χ1) is 16.1. The minimum atomic E-state index is -0.150. The number of carbonyl (C=O) groups is 1. The van der Waals surface area contributed by atoms with Gasteiger partial charge in [0, 0.05) is 20.0 Å². The molecule has 0 atom stereocenters. The van der Waals surface area contributed by atoms with Gasteiger partial charge in [0.1, 0.15) is 12.1 Å². The summed E-state index contributed by atoms with van der Waals surface area (Å²) in [6.07, 6.45) is 5.33. The van der Waals surface area contributed by atoms with Gasteiger partial charge in [0.25, 0.3) is 5.91 Å². The zero-order valence-corrected chi connectivity index (χ0v) is 18.0. The lowest BCUT2D eigenvalue weighted by molar-refractivity contribution is 0.0950. The van der Waals surface area contributed by atoms with Crippen LogP contribution in [0.3, 0.4) is 0 Å². The van der Waals surface area contributed by atoms with Crippen LogP contribution in [0.25, 0.3) is 16.7 Å². The highest BCUT2D eigenvalue weighted by molar-refractivity contribution is 5.95. The second-order valence-electron chi connectivity index (χ2n) is 7.69. The topological polar surface area (TPSA) is 117 Å². The highest BCUT2D eigenvalue weighted by atomic mass is 16.1. The van der Waals surface area contributed by atoms with Crippen LogP contribution in [-0.2, 0) is 20.0 Å². The van der Waals surface area contributed by atoms with Crippen molar-refractivity contribution < 1.29 is 4.79 Å². The van der Waals surface area contributed by atoms with Crippen molar-refractivity contribution in [1.82, 2.24) is 34.8 Å². The molecule has 0 bridgehead atoms. The summed E-state index contributed by atoms with van der Waals surface area (Å²) in [5, 5.41) is 12.4. The monoisotopic (exact) mass is 438 g/mol. The zero-order valence-electron chi connectivity index (χ0n) is 18.0. The number of anilines is 1. The first-order valence-corrected chi connectivity index (χ1v) is 10.5. The Bertz CT molecular complexity index is 1420. The van der Waals surface area contributed by atoms with Crippen LogP contribution in [0.2, 0.25) is 0 Å². The molecule has 0 spiro atoms. The van der Waals surface area contributed by atoms with Gasteiger partial charge in [-0.3, -0.25) is 9.48 Å². The number of rotatable bonds is 6. The van der Waals surface area contributed by atoms with Gasteiger partial charge < -0.3 is 11.1 Å². The lowest BCUT2D eigenvalue weighted by atomic mass is 10.1. The van der Waals surface area contributed by atoms with E-state index in [9.17, 15) is 4.79 Å². The van der Waals surface area contributed by atoms with Crippen molar-refractivity contribution in [2.75, 3.05) is 5.73 Å². The van der Waals surface area contributed by atoms with Crippen molar-refractivity contribution >= 4 is 22.8 Å². The average Bonchev–Trinajstić information content (AvgIpc) is 3.43. The van der Waals surface area contributed by atoms with Crippen LogP contribution < -0.4 is 11.1 Å². The second-order valence-corrected chi connectivity index (χ2v) is 7.69. The van der Waals surface area contributed by atoms with E-state index in [-0.39, 0.29) is 5.91 Å². The van der Waals surface area contributed by atoms with E-state index in [1.54, 1.807) is 21.8 Å². The molecule has 0 aliphatic heterocycles. The van der Waals surface area contributed by atoms with Crippen molar-refractivity contribution in [1.29, 1.82) is 0 Å². The van der Waals surface area contributed by atoms with Crippen molar-refractivity contribution in [2.24, 2.45) is 7.05 Å². The molecule has 3 aromatic heterocycles. The number of nitrogens with two attached hydrogens (primary N) is 1. The number of aryl methyl sites for hydroxylation is 1. The fourth-order valence-corrected chi connectivity index (χ4v) is 3.74. The fraction of sp³-hybridized carbons (Fsp3) is 0.125. The van der Waals surface area contributed by atoms with Gasteiger partial charge >= 0.3 is 0 Å². The molecule has 5 aromatic rings. The number of nitrogens with one attached hydrogen (secondary N) is 1. The fourth-order valence-electron chi connectivity index (χ4n) is 3.74. The third kappa shape index (κ3) is 4.03. The third-order valence-corrected chi connectivity index (χ3v) is 5.55. The number of aromatic nitrogens is 6. The highest BCUT2D eigenvalue weighted by Gasteiger charge is 2.16. The Morgan fingerprint density at radius 2 is 1.76 bits per heavy atom. The summed E-state index contributed by atoms with van der Waals surface area (Å²) in [7, 11) is 1.85. The number of benzene rings is 2. The van der Waals surface area contributed by atoms with Crippen LogP contribution in [0.15, 0.2) is 73.3 Å². The molecule has 0 radical (unpaired) electrons. The number of carbonyl (C=O) groups excluding carboxylic acids is 1. The molecule has 5 rings (SSSR count). The van der Waals surface area contributed by atoms with Gasteiger partial charge in [0.2, 0.25) is 0 Å². The Kier molecular flexibility index (Phi) is 5.27. The standard InChI is InChI=1S/C24H22N8O/c1-31-21(11-16-5-3-2-4-6-16)19(13-29-31)24(33)26-12-17-7-9-18(10-8-17)32-23-20(14-30-32)22(25)27-15-28-23/h2-10,13-15H,11-12H2,1H3,(H,26,33)(H2,25,27,28). The maximum absolute atomic E-state index is 12.9. The molecule has 33 heavy (non-hydrogen) atoms. The van der Waals surface area contributed by atoms with E-state index >= 15 is 0 Å². The molecular weight excluding hydrogens is 416 g/mol. The van der Waals surface area contributed by atoms with Crippen molar-refractivity contribution in [3.05, 3.63) is 95.7 Å². The SMILES string of the molecule is Cn1ncc(C(=O)NCc2ccc(-n3ncc4c(N)ncnc43)cc2)c1Cc1ccccc1. The molecule has 0 aliphatic rings. The molecule has 1 amide bonds. The van der Waals surface area contributed by atoms with Crippen LogP contribution in [0.5, 0.6) is 0 Å². The smallest absolute Gasteiger partial charge is 0.255 e. The minimum absolute atomic E-state index is 0.150. The molecule has 9 nitrogen and oxygen atoms in total. The molecule has 3 N–H and O–H groups in total. The van der Waals surface area contributed by atoms with Gasteiger partial charge in [0.15, 0.2) is 5.65 Å². The first kappa shape index (κ1) is 20.4. The molecule has 164 valence electrons. The van der Waals surface area contributed by atoms with Crippen LogP contribution in [0, 0.1) is 0 Å². The summed E-state index contributed by atoms with van der Waals surface area (Å²) in [6, 6.07) is 17.8. The van der Waals surface area contributed by atoms with Gasteiger partial charge in [-0.15, -0.1) is 0 Å². The molecule has 0 aliphatic carbocycles. The van der Waals surface area contributed by atoms with Gasteiger partial charge in [-0.05, 0) is 23.3 Å². The second kappa shape index (κ2) is 8.54. The summed E-state index contributed by atoms with van der Waals surface area (Å²) in [5.41, 5.74) is 10.9. The number of hydrogen-bond donors (Lipinski definition) is 2. The normalized spacial score (nSPS) is 11.1. The maximum atomic E-state index is 12.9. The Morgan fingerprint density at radius 1 is 0.970 bits per heavy atom. The largest absolute Gasteiger partial charge is 0.383 e. The Labute approximate surface area is 189 Å². The van der Waals surface area contributed by atoms with E-state index in [1.807, 2.05) is 61.6 Å². The summed E-state index contributed by atoms with van der Waals surface area (Å²) in [6.45, 7) is 0.397. The van der Waals surface area contributed by atoms with E-state index in [0.29, 0.717) is 35.4 Å². The van der Waals surface area contributed by atoms with E-state index in [0.717, 1.165) is 22.5 Å². The van der Waals surface area contributed by atoms with Gasteiger partial charge in [-0.2, -0.15) is 10.2 Å². The van der Waals surface area contributed by atoms with Crippen LogP contribution >= 0.6 is 0 Å². The van der Waals surface area contributed by atoms with Gasteiger partial charge in [-0.25, -0.2) is 14.6 Å². The molecular formula is C24H22N8O. The number of hydrogen-bond acceptors (Lipinski definition) is 6. The summed E-state index contributed by atoms with van der Waals surface area (Å²) in [5.74, 6) is 0.246. The minimum Gasteiger partial charge on any atom is -0.383 e. The predicted molar refractivity (Wildman–Crippen MR) is 125 cm³/mol. The van der Waals surface area contributed by atoms with E-state index in [1.165, 1.54) is 6.33 Å². The molecule has 2 aromatic carbocycles. The molecule has 9 heteroatoms. The summed E-state index contributed by atoms with van der Waals surface area (Å²) in [4.78, 5) is 21.1. The Hall–Kier alpha value is -4.53. The lowest BCUT2D eigenvalue weighted by Gasteiger charge is -2.09. The summed E-state index contributed by atoms with van der Waals surface area (Å²) < 4.78 is 3.46. The Morgan fingerprint density at radius 3 is 2.55 bits per heavy atom. The number of fused-ring (bicyclic) bond motifs is 1. The van der Waals surface area contributed by atoms with Crippen molar-refractivity contribution in [3.63, 3.8) is 0 Å². The van der Waals surface area contributed by atoms with E-state index in [4.69, 9.17) is 5.73 Å². The molecule has 0 saturated heterocycles. The molecule has 0 unspecified atom stereocenters. The van der Waals surface area contributed by atoms with Gasteiger partial charge in [-0.1, -0.05) is 42.5 Å². The zero-order chi connectivity index (χ0) is 22.8. The molecule has 0 fully saturated rings. The average molecular weight is 438 g/mol. The number of amides is 1. The van der Waals surface area contributed by atoms with E-state index < -0.39 is 0 Å². The molecule has 3 heterocycles. The molecule has 0 saturated carbocycles. The summed E-state index contributed by atoms with van der Waals surface area (Å²) >= 11 is 0. The third-order valence-electron chi connectivity index (χ3n) is 5.55. The van der Waals surface area contributed by atoms with Crippen molar-refractivity contribution in [3.8, 4) is 5.69 Å². The van der Waals surface area contributed by atoms with Crippen LogP contribution in [0.4, 0.5) is 5.82 Å². The van der Waals surface area contributed by atoms with Crippen LogP contribution in [0.1, 0.15) is 27.2 Å². The highest BCUT2D eigenvalue weighted by Crippen LogP contribution is 2.20. The van der Waals surface area contributed by atoms with Crippen molar-refractivity contribution in [2.45, 2.75) is 13.0 Å². The van der Waals surface area contributed by atoms with Gasteiger partial charge in [0.05, 0.1) is 34.7 Å². The number of nitrogen functional groups attached to an aromatic ring is 1. The Balaban J connectivity index is 1.28. The predicted octanol–water partition coefficient (Wildman–Crippen LogP) is 2.65. The number of nitrogens with zero attached hydrogens (tertiary/aromatic N) is 6.